The number of rotatable bonds is 3. The molecule has 1 aromatic heterocycles. The smallest absolute Gasteiger partial charge is 0.335 e. The third kappa shape index (κ3) is 3.08. The highest BCUT2D eigenvalue weighted by Gasteiger charge is 2.06. The van der Waals surface area contributed by atoms with Gasteiger partial charge >= 0.3 is 12.0 Å². The number of thiophene rings is 1. The monoisotopic (exact) mass is 262 g/mol. The number of amides is 2. The van der Waals surface area contributed by atoms with Crippen molar-refractivity contribution in [2.24, 2.45) is 0 Å². The van der Waals surface area contributed by atoms with E-state index >= 15 is 0 Å². The number of hydrogen-bond donors (Lipinski definition) is 3. The third-order valence-electron chi connectivity index (χ3n) is 2.13. The predicted molar refractivity (Wildman–Crippen MR) is 70.4 cm³/mol. The van der Waals surface area contributed by atoms with Crippen LogP contribution in [0.25, 0.3) is 0 Å². The van der Waals surface area contributed by atoms with Crippen molar-refractivity contribution in [3.63, 3.8) is 0 Å². The van der Waals surface area contributed by atoms with E-state index in [9.17, 15) is 9.59 Å². The number of carbonyl (C=O) groups excluding carboxylic acids is 1. The number of aromatic carboxylic acids is 1. The Bertz CT molecular complexity index is 566. The minimum Gasteiger partial charge on any atom is -0.478 e. The second-order valence-electron chi connectivity index (χ2n) is 3.44. The SMILES string of the molecule is O=C(Nc1cccc(C(=O)O)c1)Nc1cccs1. The minimum atomic E-state index is -1.03. The van der Waals surface area contributed by atoms with Gasteiger partial charge in [0.2, 0.25) is 0 Å². The molecule has 2 rings (SSSR count). The zero-order valence-corrected chi connectivity index (χ0v) is 10.0. The van der Waals surface area contributed by atoms with Gasteiger partial charge in [-0.15, -0.1) is 11.3 Å². The fraction of sp³-hybridized carbons (Fsp3) is 0. The maximum Gasteiger partial charge on any atom is 0.335 e. The second kappa shape index (κ2) is 5.33. The van der Waals surface area contributed by atoms with E-state index in [2.05, 4.69) is 10.6 Å². The summed E-state index contributed by atoms with van der Waals surface area (Å²) in [5.41, 5.74) is 0.563. The number of nitrogens with one attached hydrogen (secondary N) is 2. The van der Waals surface area contributed by atoms with Crippen LogP contribution in [0, 0.1) is 0 Å². The predicted octanol–water partition coefficient (Wildman–Crippen LogP) is 3.09. The Morgan fingerprint density at radius 3 is 2.61 bits per heavy atom. The van der Waals surface area contributed by atoms with Gasteiger partial charge in [-0.1, -0.05) is 6.07 Å². The summed E-state index contributed by atoms with van der Waals surface area (Å²) >= 11 is 1.40. The zero-order valence-electron chi connectivity index (χ0n) is 9.21. The average Bonchev–Trinajstić information content (AvgIpc) is 2.82. The Morgan fingerprint density at radius 2 is 1.94 bits per heavy atom. The van der Waals surface area contributed by atoms with E-state index in [1.165, 1.54) is 23.5 Å². The Kier molecular flexibility index (Phi) is 3.59. The Hall–Kier alpha value is -2.34. The molecule has 0 bridgehead atoms. The summed E-state index contributed by atoms with van der Waals surface area (Å²) in [5.74, 6) is -1.03. The molecule has 3 N–H and O–H groups in total. The van der Waals surface area contributed by atoms with E-state index in [-0.39, 0.29) is 5.56 Å². The first kappa shape index (κ1) is 12.1. The van der Waals surface area contributed by atoms with Gasteiger partial charge in [0.1, 0.15) is 0 Å². The maximum absolute atomic E-state index is 11.6. The van der Waals surface area contributed by atoms with Crippen LogP contribution in [-0.4, -0.2) is 17.1 Å². The number of carboxylic acids is 1. The lowest BCUT2D eigenvalue weighted by Crippen LogP contribution is -2.18. The first-order valence-corrected chi connectivity index (χ1v) is 5.98. The number of benzene rings is 1. The van der Waals surface area contributed by atoms with Crippen molar-refractivity contribution < 1.29 is 14.7 Å². The normalized spacial score (nSPS) is 9.78. The van der Waals surface area contributed by atoms with E-state index in [4.69, 9.17) is 5.11 Å². The Labute approximate surface area is 107 Å². The van der Waals surface area contributed by atoms with Gasteiger partial charge in [-0.25, -0.2) is 9.59 Å². The van der Waals surface area contributed by atoms with Gasteiger partial charge < -0.3 is 10.4 Å². The van der Waals surface area contributed by atoms with Crippen LogP contribution in [-0.2, 0) is 0 Å². The van der Waals surface area contributed by atoms with Crippen molar-refractivity contribution in [2.45, 2.75) is 0 Å². The average molecular weight is 262 g/mol. The molecular formula is C12H10N2O3S. The standard InChI is InChI=1S/C12H10N2O3S/c15-11(16)8-3-1-4-9(7-8)13-12(17)14-10-5-2-6-18-10/h1-7H,(H,15,16)(H2,13,14,17). The van der Waals surface area contributed by atoms with Crippen molar-refractivity contribution in [3.05, 3.63) is 47.3 Å². The Morgan fingerprint density at radius 1 is 1.11 bits per heavy atom. The molecule has 92 valence electrons. The number of urea groups is 1. The fourth-order valence-corrected chi connectivity index (χ4v) is 1.97. The molecule has 0 fully saturated rings. The first-order chi connectivity index (χ1) is 8.65. The van der Waals surface area contributed by atoms with Crippen LogP contribution in [0.4, 0.5) is 15.5 Å². The molecule has 0 spiro atoms. The van der Waals surface area contributed by atoms with Crippen molar-refractivity contribution in [1.29, 1.82) is 0 Å². The molecule has 6 heteroatoms. The molecule has 0 aliphatic rings. The summed E-state index contributed by atoms with van der Waals surface area (Å²) in [6.07, 6.45) is 0. The topological polar surface area (TPSA) is 78.4 Å². The number of carboxylic acid groups (broad SMARTS) is 1. The van der Waals surface area contributed by atoms with Crippen molar-refractivity contribution in [1.82, 2.24) is 0 Å². The number of carbonyl (C=O) groups is 2. The molecule has 2 amide bonds. The van der Waals surface area contributed by atoms with E-state index in [1.807, 2.05) is 11.4 Å². The molecule has 0 aliphatic heterocycles. The molecule has 0 aliphatic carbocycles. The maximum atomic E-state index is 11.6. The second-order valence-corrected chi connectivity index (χ2v) is 4.39. The molecule has 0 saturated heterocycles. The zero-order chi connectivity index (χ0) is 13.0. The molecule has 0 atom stereocenters. The summed E-state index contributed by atoms with van der Waals surface area (Å²) in [6.45, 7) is 0. The van der Waals surface area contributed by atoms with Gasteiger partial charge in [0, 0.05) is 5.69 Å². The fourth-order valence-electron chi connectivity index (χ4n) is 1.35. The molecule has 2 aromatic rings. The minimum absolute atomic E-state index is 0.129. The van der Waals surface area contributed by atoms with Crippen molar-refractivity contribution in [3.8, 4) is 0 Å². The van der Waals surface area contributed by atoms with E-state index in [0.29, 0.717) is 5.69 Å². The quantitative estimate of drug-likeness (QED) is 0.795. The molecule has 0 radical (unpaired) electrons. The highest BCUT2D eigenvalue weighted by Crippen LogP contribution is 2.16. The molecule has 0 saturated carbocycles. The number of anilines is 2. The van der Waals surface area contributed by atoms with Crippen LogP contribution in [0.1, 0.15) is 10.4 Å². The van der Waals surface area contributed by atoms with Gasteiger partial charge in [0.05, 0.1) is 10.6 Å². The lowest BCUT2D eigenvalue weighted by atomic mass is 10.2. The first-order valence-electron chi connectivity index (χ1n) is 5.10. The highest BCUT2D eigenvalue weighted by molar-refractivity contribution is 7.14. The van der Waals surface area contributed by atoms with Crippen LogP contribution >= 0.6 is 11.3 Å². The van der Waals surface area contributed by atoms with Crippen LogP contribution in [0.15, 0.2) is 41.8 Å². The van der Waals surface area contributed by atoms with Gasteiger partial charge in [0.25, 0.3) is 0 Å². The van der Waals surface area contributed by atoms with Crippen LogP contribution in [0.2, 0.25) is 0 Å². The van der Waals surface area contributed by atoms with E-state index in [1.54, 1.807) is 18.2 Å². The van der Waals surface area contributed by atoms with E-state index in [0.717, 1.165) is 5.00 Å². The highest BCUT2D eigenvalue weighted by atomic mass is 32.1. The largest absolute Gasteiger partial charge is 0.478 e. The molecule has 1 aromatic carbocycles. The van der Waals surface area contributed by atoms with Crippen LogP contribution in [0.5, 0.6) is 0 Å². The van der Waals surface area contributed by atoms with Crippen LogP contribution < -0.4 is 10.6 Å². The summed E-state index contributed by atoms with van der Waals surface area (Å²) < 4.78 is 0. The van der Waals surface area contributed by atoms with Crippen molar-refractivity contribution in [2.75, 3.05) is 10.6 Å². The third-order valence-corrected chi connectivity index (χ3v) is 2.91. The van der Waals surface area contributed by atoms with Crippen molar-refractivity contribution >= 4 is 34.0 Å². The van der Waals surface area contributed by atoms with Gasteiger partial charge in [-0.3, -0.25) is 5.32 Å². The van der Waals surface area contributed by atoms with Gasteiger partial charge in [-0.05, 0) is 35.7 Å². The number of hydrogen-bond acceptors (Lipinski definition) is 3. The summed E-state index contributed by atoms with van der Waals surface area (Å²) in [4.78, 5) is 22.4. The van der Waals surface area contributed by atoms with E-state index < -0.39 is 12.0 Å². The molecule has 0 unspecified atom stereocenters. The van der Waals surface area contributed by atoms with Gasteiger partial charge in [-0.2, -0.15) is 0 Å². The summed E-state index contributed by atoms with van der Waals surface area (Å²) in [6, 6.07) is 9.26. The molecule has 1 heterocycles. The summed E-state index contributed by atoms with van der Waals surface area (Å²) in [5, 5.41) is 16.6. The lowest BCUT2D eigenvalue weighted by Gasteiger charge is -2.06. The summed E-state index contributed by atoms with van der Waals surface area (Å²) in [7, 11) is 0. The lowest BCUT2D eigenvalue weighted by molar-refractivity contribution is 0.0697. The van der Waals surface area contributed by atoms with Gasteiger partial charge in [0.15, 0.2) is 0 Å². The Balaban J connectivity index is 2.03. The van der Waals surface area contributed by atoms with Crippen LogP contribution in [0.3, 0.4) is 0 Å². The molecule has 5 nitrogen and oxygen atoms in total. The molecular weight excluding hydrogens is 252 g/mol. The molecule has 18 heavy (non-hydrogen) atoms.